The summed E-state index contributed by atoms with van der Waals surface area (Å²) < 4.78 is 46.6. The lowest BCUT2D eigenvalue weighted by Crippen LogP contribution is -2.59. The van der Waals surface area contributed by atoms with E-state index in [0.717, 1.165) is 23.5 Å². The fourth-order valence-corrected chi connectivity index (χ4v) is 4.58. The molecule has 2 saturated heterocycles. The number of benzene rings is 2. The van der Waals surface area contributed by atoms with Gasteiger partial charge in [-0.1, -0.05) is 12.1 Å². The summed E-state index contributed by atoms with van der Waals surface area (Å²) in [5.74, 6) is -1.46. The topological polar surface area (TPSA) is 65.8 Å². The Balaban J connectivity index is 1.48. The molecule has 182 valence electrons. The Bertz CT molecular complexity index is 1310. The summed E-state index contributed by atoms with van der Waals surface area (Å²) >= 11 is 0. The van der Waals surface area contributed by atoms with Gasteiger partial charge in [-0.2, -0.15) is 0 Å². The quantitative estimate of drug-likeness (QED) is 0.523. The van der Waals surface area contributed by atoms with Gasteiger partial charge in [-0.05, 0) is 55.3 Å². The lowest BCUT2D eigenvalue weighted by atomic mass is 9.97. The largest absolute Gasteiger partial charge is 0.495 e. The molecule has 3 heterocycles. The maximum atomic E-state index is 14.0. The van der Waals surface area contributed by atoms with Crippen molar-refractivity contribution in [1.82, 2.24) is 14.5 Å². The van der Waals surface area contributed by atoms with Crippen LogP contribution >= 0.6 is 0 Å². The van der Waals surface area contributed by atoms with E-state index in [2.05, 4.69) is 4.98 Å². The maximum absolute atomic E-state index is 14.0. The van der Waals surface area contributed by atoms with Crippen LogP contribution in [0.3, 0.4) is 0 Å². The summed E-state index contributed by atoms with van der Waals surface area (Å²) in [6.45, 7) is 4.24. The lowest BCUT2D eigenvalue weighted by molar-refractivity contribution is -0.166. The zero-order valence-corrected chi connectivity index (χ0v) is 19.6. The van der Waals surface area contributed by atoms with Crippen molar-refractivity contribution < 1.29 is 27.8 Å². The number of imidazole rings is 1. The molecule has 0 unspecified atom stereocenters. The zero-order chi connectivity index (χ0) is 24.7. The van der Waals surface area contributed by atoms with Crippen molar-refractivity contribution >= 4 is 12.0 Å². The number of ether oxygens (including phenoxy) is 3. The number of rotatable bonds is 4. The minimum atomic E-state index is -0.964. The van der Waals surface area contributed by atoms with E-state index in [0.29, 0.717) is 23.5 Å². The van der Waals surface area contributed by atoms with Crippen LogP contribution in [-0.2, 0) is 14.3 Å². The molecule has 3 atom stereocenters. The van der Waals surface area contributed by atoms with Gasteiger partial charge in [-0.15, -0.1) is 0 Å². The molecule has 9 heteroatoms. The molecular formula is C26H25F2N3O4. The van der Waals surface area contributed by atoms with Crippen LogP contribution in [0.1, 0.15) is 29.8 Å². The van der Waals surface area contributed by atoms with Gasteiger partial charge in [0.1, 0.15) is 11.9 Å². The number of amides is 1. The van der Waals surface area contributed by atoms with E-state index in [1.807, 2.05) is 42.8 Å². The number of halogens is 2. The molecule has 0 spiro atoms. The molecule has 2 aliphatic rings. The summed E-state index contributed by atoms with van der Waals surface area (Å²) in [6.07, 6.45) is 4.90. The van der Waals surface area contributed by atoms with Crippen molar-refractivity contribution in [3.63, 3.8) is 0 Å². The Morgan fingerprint density at radius 1 is 1.14 bits per heavy atom. The standard InChI is InChI=1S/C26H25F2N3O4/c1-15-11-30(14-29-15)21-7-4-17(8-24(21)33-3)9-25-26(32)31-22(16(2)35-25)12-34-13-23(31)18-5-6-19(27)20(28)10-18/h4-11,14,16,22-23H,12-13H2,1-3H3/t16-,22+,23-/m0/s1. The van der Waals surface area contributed by atoms with Gasteiger partial charge < -0.3 is 23.7 Å². The predicted molar refractivity (Wildman–Crippen MR) is 124 cm³/mol. The molecule has 0 aliphatic carbocycles. The summed E-state index contributed by atoms with van der Waals surface area (Å²) in [7, 11) is 1.58. The number of methoxy groups -OCH3 is 1. The number of carbonyl (C=O) groups excluding carboxylic acids is 1. The third-order valence-electron chi connectivity index (χ3n) is 6.38. The van der Waals surface area contributed by atoms with E-state index >= 15 is 0 Å². The first-order valence-corrected chi connectivity index (χ1v) is 11.3. The second kappa shape index (κ2) is 9.14. The van der Waals surface area contributed by atoms with Crippen LogP contribution in [0.15, 0.2) is 54.7 Å². The van der Waals surface area contributed by atoms with Gasteiger partial charge in [0, 0.05) is 6.20 Å². The fourth-order valence-electron chi connectivity index (χ4n) is 4.58. The highest BCUT2D eigenvalue weighted by Gasteiger charge is 2.45. The predicted octanol–water partition coefficient (Wildman–Crippen LogP) is 4.20. The minimum absolute atomic E-state index is 0.163. The number of morpholine rings is 2. The molecule has 1 amide bonds. The molecule has 0 saturated carbocycles. The molecule has 0 radical (unpaired) electrons. The monoisotopic (exact) mass is 481 g/mol. The van der Waals surface area contributed by atoms with Crippen molar-refractivity contribution in [2.75, 3.05) is 20.3 Å². The van der Waals surface area contributed by atoms with Gasteiger partial charge in [0.05, 0.1) is 50.1 Å². The van der Waals surface area contributed by atoms with Crippen LogP contribution in [-0.4, -0.2) is 52.8 Å². The number of aryl methyl sites for hydroxylation is 1. The fraction of sp³-hybridized carbons (Fsp3) is 0.308. The van der Waals surface area contributed by atoms with Crippen LogP contribution in [0.4, 0.5) is 8.78 Å². The second-order valence-corrected chi connectivity index (χ2v) is 8.69. The number of carbonyl (C=O) groups is 1. The molecule has 0 N–H and O–H groups in total. The highest BCUT2D eigenvalue weighted by molar-refractivity contribution is 5.97. The van der Waals surface area contributed by atoms with E-state index < -0.39 is 17.7 Å². The van der Waals surface area contributed by atoms with E-state index in [4.69, 9.17) is 14.2 Å². The summed E-state index contributed by atoms with van der Waals surface area (Å²) in [4.78, 5) is 19.5. The molecule has 2 aromatic carbocycles. The van der Waals surface area contributed by atoms with E-state index in [1.54, 1.807) is 24.4 Å². The Morgan fingerprint density at radius 3 is 2.69 bits per heavy atom. The molecule has 35 heavy (non-hydrogen) atoms. The first-order valence-electron chi connectivity index (χ1n) is 11.3. The highest BCUT2D eigenvalue weighted by atomic mass is 19.2. The third kappa shape index (κ3) is 4.27. The van der Waals surface area contributed by atoms with Crippen LogP contribution < -0.4 is 4.74 Å². The maximum Gasteiger partial charge on any atom is 0.290 e. The van der Waals surface area contributed by atoms with Crippen LogP contribution in [0.25, 0.3) is 11.8 Å². The van der Waals surface area contributed by atoms with E-state index in [-0.39, 0.29) is 30.4 Å². The van der Waals surface area contributed by atoms with Crippen molar-refractivity contribution in [3.8, 4) is 11.4 Å². The van der Waals surface area contributed by atoms with Crippen LogP contribution in [0, 0.1) is 18.6 Å². The van der Waals surface area contributed by atoms with Gasteiger partial charge in [0.15, 0.2) is 17.4 Å². The zero-order valence-electron chi connectivity index (χ0n) is 19.6. The number of hydrogen-bond donors (Lipinski definition) is 0. The van der Waals surface area contributed by atoms with E-state index in [1.165, 1.54) is 6.07 Å². The molecular weight excluding hydrogens is 456 g/mol. The average Bonchev–Trinajstić information content (AvgIpc) is 3.29. The van der Waals surface area contributed by atoms with Gasteiger partial charge in [0.2, 0.25) is 0 Å². The normalized spacial score (nSPS) is 23.2. The smallest absolute Gasteiger partial charge is 0.290 e. The summed E-state index contributed by atoms with van der Waals surface area (Å²) in [6, 6.07) is 8.30. The van der Waals surface area contributed by atoms with Crippen molar-refractivity contribution in [3.05, 3.63) is 83.1 Å². The molecule has 3 aromatic rings. The Kier molecular flexibility index (Phi) is 6.02. The number of nitrogens with zero attached hydrogens (tertiary/aromatic N) is 3. The lowest BCUT2D eigenvalue weighted by Gasteiger charge is -2.47. The van der Waals surface area contributed by atoms with Gasteiger partial charge >= 0.3 is 0 Å². The average molecular weight is 481 g/mol. The SMILES string of the molecule is COc1cc(C=C2O[C@@H](C)[C@H]3COC[C@@H](c4ccc(F)c(F)c4)N3C2=O)ccc1-n1cnc(C)c1. The Morgan fingerprint density at radius 2 is 1.97 bits per heavy atom. The first kappa shape index (κ1) is 23.0. The third-order valence-corrected chi connectivity index (χ3v) is 6.38. The van der Waals surface area contributed by atoms with Crippen LogP contribution in [0.2, 0.25) is 0 Å². The van der Waals surface area contributed by atoms with Gasteiger partial charge in [-0.25, -0.2) is 13.8 Å². The Hall–Kier alpha value is -3.72. The molecule has 0 bridgehead atoms. The number of aromatic nitrogens is 2. The number of hydrogen-bond acceptors (Lipinski definition) is 5. The van der Waals surface area contributed by atoms with Gasteiger partial charge in [-0.3, -0.25) is 4.79 Å². The number of fused-ring (bicyclic) bond motifs is 1. The molecule has 2 aliphatic heterocycles. The van der Waals surface area contributed by atoms with E-state index in [9.17, 15) is 13.6 Å². The second-order valence-electron chi connectivity index (χ2n) is 8.69. The molecule has 5 rings (SSSR count). The van der Waals surface area contributed by atoms with Gasteiger partial charge in [0.25, 0.3) is 5.91 Å². The van der Waals surface area contributed by atoms with Crippen molar-refractivity contribution in [2.24, 2.45) is 0 Å². The van der Waals surface area contributed by atoms with Crippen molar-refractivity contribution in [1.29, 1.82) is 0 Å². The highest BCUT2D eigenvalue weighted by Crippen LogP contribution is 2.36. The minimum Gasteiger partial charge on any atom is -0.495 e. The molecule has 7 nitrogen and oxygen atoms in total. The van der Waals surface area contributed by atoms with Crippen LogP contribution in [0.5, 0.6) is 5.75 Å². The molecule has 1 aromatic heterocycles. The Labute approximate surface area is 201 Å². The van der Waals surface area contributed by atoms with Crippen molar-refractivity contribution in [2.45, 2.75) is 32.0 Å². The summed E-state index contributed by atoms with van der Waals surface area (Å²) in [5.41, 5.74) is 2.88. The first-order chi connectivity index (χ1) is 16.9. The summed E-state index contributed by atoms with van der Waals surface area (Å²) in [5, 5.41) is 0. The molecule has 2 fully saturated rings.